The van der Waals surface area contributed by atoms with Crippen molar-refractivity contribution in [1.29, 1.82) is 0 Å². The van der Waals surface area contributed by atoms with Crippen molar-refractivity contribution >= 4 is 21.7 Å². The van der Waals surface area contributed by atoms with Gasteiger partial charge in [0.25, 0.3) is 0 Å². The lowest BCUT2D eigenvalue weighted by atomic mass is 10.1. The van der Waals surface area contributed by atoms with Crippen molar-refractivity contribution in [3.05, 3.63) is 41.5 Å². The normalized spacial score (nSPS) is 11.5. The summed E-state index contributed by atoms with van der Waals surface area (Å²) in [6.07, 6.45) is 4.16. The Balaban J connectivity index is 2.82. The maximum Gasteiger partial charge on any atom is 0.122 e. The highest BCUT2D eigenvalue weighted by atomic mass is 79.9. The number of aryl methyl sites for hydroxylation is 1. The molecule has 82 valence electrons. The molecule has 0 unspecified atom stereocenters. The molecule has 0 aliphatic heterocycles. The minimum Gasteiger partial charge on any atom is -0.496 e. The van der Waals surface area contributed by atoms with E-state index in [9.17, 15) is 0 Å². The number of halogens is 1. The van der Waals surface area contributed by atoms with Gasteiger partial charge in [-0.05, 0) is 24.5 Å². The molecule has 0 heterocycles. The quantitative estimate of drug-likeness (QED) is 0.579. The smallest absolute Gasteiger partial charge is 0.122 e. The van der Waals surface area contributed by atoms with Crippen LogP contribution >= 0.6 is 15.9 Å². The topological polar surface area (TPSA) is 9.23 Å². The SMILES string of the molecule is CC/C=C(/OC)c1ccc(CCBr)cc1. The average molecular weight is 269 g/mol. The molecule has 1 aromatic carbocycles. The number of hydrogen-bond acceptors (Lipinski definition) is 1. The molecule has 1 aromatic rings. The zero-order chi connectivity index (χ0) is 11.1. The van der Waals surface area contributed by atoms with E-state index in [4.69, 9.17) is 4.74 Å². The lowest BCUT2D eigenvalue weighted by Gasteiger charge is -2.07. The summed E-state index contributed by atoms with van der Waals surface area (Å²) >= 11 is 3.44. The second kappa shape index (κ2) is 6.67. The molecule has 0 fully saturated rings. The van der Waals surface area contributed by atoms with Crippen molar-refractivity contribution in [3.63, 3.8) is 0 Å². The second-order valence-electron chi connectivity index (χ2n) is 3.32. The van der Waals surface area contributed by atoms with Crippen LogP contribution in [0, 0.1) is 0 Å². The Morgan fingerprint density at radius 3 is 2.47 bits per heavy atom. The fraction of sp³-hybridized carbons (Fsp3) is 0.385. The van der Waals surface area contributed by atoms with Gasteiger partial charge in [0.15, 0.2) is 0 Å². The highest BCUT2D eigenvalue weighted by molar-refractivity contribution is 9.09. The first-order chi connectivity index (χ1) is 7.31. The second-order valence-corrected chi connectivity index (χ2v) is 4.11. The van der Waals surface area contributed by atoms with E-state index in [1.165, 1.54) is 5.56 Å². The number of rotatable bonds is 5. The van der Waals surface area contributed by atoms with Crippen molar-refractivity contribution in [2.75, 3.05) is 12.4 Å². The molecule has 15 heavy (non-hydrogen) atoms. The fourth-order valence-electron chi connectivity index (χ4n) is 1.45. The van der Waals surface area contributed by atoms with Crippen LogP contribution in [-0.2, 0) is 11.2 Å². The maximum absolute atomic E-state index is 5.33. The first-order valence-corrected chi connectivity index (χ1v) is 6.33. The van der Waals surface area contributed by atoms with Crippen LogP contribution < -0.4 is 0 Å². The van der Waals surface area contributed by atoms with Crippen LogP contribution in [0.1, 0.15) is 24.5 Å². The van der Waals surface area contributed by atoms with E-state index >= 15 is 0 Å². The van der Waals surface area contributed by atoms with E-state index in [-0.39, 0.29) is 0 Å². The van der Waals surface area contributed by atoms with E-state index in [2.05, 4.69) is 53.2 Å². The lowest BCUT2D eigenvalue weighted by Crippen LogP contribution is -1.90. The number of methoxy groups -OCH3 is 1. The van der Waals surface area contributed by atoms with Crippen LogP contribution in [0.2, 0.25) is 0 Å². The predicted molar refractivity (Wildman–Crippen MR) is 69.2 cm³/mol. The van der Waals surface area contributed by atoms with Crippen molar-refractivity contribution in [3.8, 4) is 0 Å². The zero-order valence-corrected chi connectivity index (χ0v) is 10.9. The molecule has 0 saturated heterocycles. The van der Waals surface area contributed by atoms with Gasteiger partial charge in [-0.25, -0.2) is 0 Å². The third-order valence-corrected chi connectivity index (χ3v) is 2.63. The van der Waals surface area contributed by atoms with E-state index in [1.54, 1.807) is 7.11 Å². The Morgan fingerprint density at radius 1 is 1.33 bits per heavy atom. The summed E-state index contributed by atoms with van der Waals surface area (Å²) in [4.78, 5) is 0. The van der Waals surface area contributed by atoms with E-state index in [0.717, 1.165) is 29.5 Å². The van der Waals surface area contributed by atoms with Gasteiger partial charge in [0.05, 0.1) is 7.11 Å². The summed E-state index contributed by atoms with van der Waals surface area (Å²) in [7, 11) is 1.72. The summed E-state index contributed by atoms with van der Waals surface area (Å²) in [6, 6.07) is 8.53. The van der Waals surface area contributed by atoms with Gasteiger partial charge < -0.3 is 4.74 Å². The van der Waals surface area contributed by atoms with Gasteiger partial charge in [-0.3, -0.25) is 0 Å². The van der Waals surface area contributed by atoms with Crippen molar-refractivity contribution in [2.24, 2.45) is 0 Å². The monoisotopic (exact) mass is 268 g/mol. The first-order valence-electron chi connectivity index (χ1n) is 5.21. The molecule has 1 nitrogen and oxygen atoms in total. The summed E-state index contributed by atoms with van der Waals surface area (Å²) < 4.78 is 5.33. The number of allylic oxidation sites excluding steroid dienone is 1. The van der Waals surface area contributed by atoms with Gasteiger partial charge in [-0.2, -0.15) is 0 Å². The standard InChI is InChI=1S/C13H17BrO/c1-3-4-13(15-2)12-7-5-11(6-8-12)9-10-14/h4-8H,3,9-10H2,1-2H3/b13-4+. The van der Waals surface area contributed by atoms with Gasteiger partial charge in [-0.15, -0.1) is 0 Å². The number of hydrogen-bond donors (Lipinski definition) is 0. The molecule has 0 radical (unpaired) electrons. The molecule has 2 heteroatoms. The Bertz CT molecular complexity index is 314. The minimum atomic E-state index is 0.961. The fourth-order valence-corrected chi connectivity index (χ4v) is 1.91. The van der Waals surface area contributed by atoms with E-state index < -0.39 is 0 Å². The van der Waals surface area contributed by atoms with Crippen LogP contribution in [0.5, 0.6) is 0 Å². The van der Waals surface area contributed by atoms with Gasteiger partial charge in [0.1, 0.15) is 5.76 Å². The molecule has 0 aliphatic rings. The summed E-state index contributed by atoms with van der Waals surface area (Å²) in [5, 5.41) is 1.01. The average Bonchev–Trinajstić information content (AvgIpc) is 2.28. The number of benzene rings is 1. The largest absolute Gasteiger partial charge is 0.496 e. The highest BCUT2D eigenvalue weighted by Crippen LogP contribution is 2.17. The summed E-state index contributed by atoms with van der Waals surface area (Å²) in [5.41, 5.74) is 2.50. The predicted octanol–water partition coefficient (Wildman–Crippen LogP) is 4.02. The minimum absolute atomic E-state index is 0.961. The van der Waals surface area contributed by atoms with Crippen LogP contribution in [-0.4, -0.2) is 12.4 Å². The Kier molecular flexibility index (Phi) is 5.48. The van der Waals surface area contributed by atoms with Crippen molar-refractivity contribution in [1.82, 2.24) is 0 Å². The molecule has 0 bridgehead atoms. The van der Waals surface area contributed by atoms with E-state index in [0.29, 0.717) is 0 Å². The molecule has 0 aliphatic carbocycles. The van der Waals surface area contributed by atoms with Crippen LogP contribution in [0.4, 0.5) is 0 Å². The number of ether oxygens (including phenoxy) is 1. The molecular formula is C13H17BrO. The third kappa shape index (κ3) is 3.71. The van der Waals surface area contributed by atoms with Gasteiger partial charge in [0.2, 0.25) is 0 Å². The summed E-state index contributed by atoms with van der Waals surface area (Å²) in [6.45, 7) is 2.11. The zero-order valence-electron chi connectivity index (χ0n) is 9.29. The molecule has 0 amide bonds. The van der Waals surface area contributed by atoms with Gasteiger partial charge >= 0.3 is 0 Å². The molecular weight excluding hydrogens is 252 g/mol. The molecule has 0 saturated carbocycles. The van der Waals surface area contributed by atoms with Gasteiger partial charge in [0, 0.05) is 10.9 Å². The van der Waals surface area contributed by atoms with Gasteiger partial charge in [-0.1, -0.05) is 47.1 Å². The lowest BCUT2D eigenvalue weighted by molar-refractivity contribution is 0.369. The van der Waals surface area contributed by atoms with Crippen molar-refractivity contribution < 1.29 is 4.74 Å². The number of alkyl halides is 1. The van der Waals surface area contributed by atoms with E-state index in [1.807, 2.05) is 0 Å². The Morgan fingerprint density at radius 2 is 2.00 bits per heavy atom. The summed E-state index contributed by atoms with van der Waals surface area (Å²) in [5.74, 6) is 0.961. The van der Waals surface area contributed by atoms with Crippen molar-refractivity contribution in [2.45, 2.75) is 19.8 Å². The molecule has 0 spiro atoms. The molecule has 0 atom stereocenters. The third-order valence-electron chi connectivity index (χ3n) is 2.23. The molecule has 0 N–H and O–H groups in total. The Labute approximate surface area is 100 Å². The van der Waals surface area contributed by atoms with Crippen LogP contribution in [0.3, 0.4) is 0 Å². The molecule has 0 aromatic heterocycles. The first kappa shape index (κ1) is 12.3. The van der Waals surface area contributed by atoms with Crippen LogP contribution in [0.15, 0.2) is 30.3 Å². The maximum atomic E-state index is 5.33. The Hall–Kier alpha value is -0.760. The van der Waals surface area contributed by atoms with Crippen LogP contribution in [0.25, 0.3) is 5.76 Å². The highest BCUT2D eigenvalue weighted by Gasteiger charge is 2.00. The molecule has 1 rings (SSSR count).